The Hall–Kier alpha value is -3.75. The van der Waals surface area contributed by atoms with E-state index in [1.54, 1.807) is 12.4 Å². The second-order valence-electron chi connectivity index (χ2n) is 8.69. The van der Waals surface area contributed by atoms with Gasteiger partial charge in [-0.05, 0) is 55.0 Å². The third kappa shape index (κ3) is 4.25. The minimum atomic E-state index is -4.60. The Kier molecular flexibility index (Phi) is 5.55. The third-order valence-electron chi connectivity index (χ3n) is 6.25. The number of benzene rings is 1. The molecule has 6 nitrogen and oxygen atoms in total. The quantitative estimate of drug-likeness (QED) is 0.399. The van der Waals surface area contributed by atoms with Crippen molar-refractivity contribution in [2.24, 2.45) is 0 Å². The molecule has 0 saturated heterocycles. The molecule has 0 spiro atoms. The summed E-state index contributed by atoms with van der Waals surface area (Å²) in [6.45, 7) is 6.85. The van der Waals surface area contributed by atoms with E-state index in [1.807, 2.05) is 17.7 Å². The van der Waals surface area contributed by atoms with E-state index in [-0.39, 0.29) is 11.3 Å². The number of alkyl halides is 3. The molecule has 1 aliphatic carbocycles. The number of rotatable bonds is 5. The van der Waals surface area contributed by atoms with Crippen molar-refractivity contribution in [1.29, 1.82) is 0 Å². The highest BCUT2D eigenvalue weighted by molar-refractivity contribution is 5.67. The molecule has 0 saturated carbocycles. The second-order valence-corrected chi connectivity index (χ2v) is 8.69. The van der Waals surface area contributed by atoms with Crippen LogP contribution in [0.3, 0.4) is 0 Å². The van der Waals surface area contributed by atoms with Gasteiger partial charge in [0.15, 0.2) is 5.69 Å². The first kappa shape index (κ1) is 22.1. The van der Waals surface area contributed by atoms with Gasteiger partial charge < -0.3 is 4.57 Å². The molecular weight excluding hydrogens is 441 g/mol. The van der Waals surface area contributed by atoms with E-state index < -0.39 is 11.9 Å². The summed E-state index contributed by atoms with van der Waals surface area (Å²) < 4.78 is 41.7. The molecule has 1 aromatic carbocycles. The molecule has 0 fully saturated rings. The van der Waals surface area contributed by atoms with Crippen LogP contribution in [0.2, 0.25) is 0 Å². The lowest BCUT2D eigenvalue weighted by atomic mass is 9.81. The molecule has 0 radical (unpaired) electrons. The molecule has 3 heterocycles. The lowest BCUT2D eigenvalue weighted by Crippen LogP contribution is -2.15. The van der Waals surface area contributed by atoms with Crippen LogP contribution >= 0.6 is 0 Å². The first-order chi connectivity index (χ1) is 16.3. The molecule has 9 heteroatoms. The number of fused-ring (bicyclic) bond motifs is 1. The van der Waals surface area contributed by atoms with E-state index in [4.69, 9.17) is 0 Å². The van der Waals surface area contributed by atoms with Gasteiger partial charge in [0.2, 0.25) is 0 Å². The van der Waals surface area contributed by atoms with Crippen molar-refractivity contribution in [3.05, 3.63) is 78.0 Å². The van der Waals surface area contributed by atoms with Crippen molar-refractivity contribution in [2.75, 3.05) is 0 Å². The molecule has 0 amide bonds. The molecular formula is C25H23F3N6. The molecule has 1 aliphatic rings. The number of aryl methyl sites for hydroxylation is 1. The molecule has 4 aromatic rings. The average molecular weight is 464 g/mol. The lowest BCUT2D eigenvalue weighted by Gasteiger charge is -2.26. The number of imidazole rings is 1. The van der Waals surface area contributed by atoms with Crippen LogP contribution in [-0.2, 0) is 19.1 Å². The number of hydrogen-bond acceptors (Lipinski definition) is 4. The van der Waals surface area contributed by atoms with Gasteiger partial charge in [-0.25, -0.2) is 4.98 Å². The fourth-order valence-electron chi connectivity index (χ4n) is 4.55. The first-order valence-electron chi connectivity index (χ1n) is 11.0. The van der Waals surface area contributed by atoms with Crippen LogP contribution in [0.25, 0.3) is 28.2 Å². The summed E-state index contributed by atoms with van der Waals surface area (Å²) in [4.78, 5) is 8.78. The van der Waals surface area contributed by atoms with Crippen LogP contribution in [0.15, 0.2) is 55.6 Å². The van der Waals surface area contributed by atoms with Crippen molar-refractivity contribution >= 4 is 5.57 Å². The first-order valence-corrected chi connectivity index (χ1v) is 11.0. The number of hydrogen-bond donors (Lipinski definition) is 1. The van der Waals surface area contributed by atoms with E-state index >= 15 is 0 Å². The van der Waals surface area contributed by atoms with Crippen LogP contribution < -0.4 is 0 Å². The van der Waals surface area contributed by atoms with Gasteiger partial charge in [-0.1, -0.05) is 30.4 Å². The van der Waals surface area contributed by atoms with E-state index in [2.05, 4.69) is 50.2 Å². The Bertz CT molecular complexity index is 1350. The van der Waals surface area contributed by atoms with E-state index in [1.165, 1.54) is 23.4 Å². The monoisotopic (exact) mass is 464 g/mol. The minimum absolute atomic E-state index is 0.261. The molecule has 1 atom stereocenters. The summed E-state index contributed by atoms with van der Waals surface area (Å²) in [5.41, 5.74) is 4.95. The molecule has 3 aromatic heterocycles. The summed E-state index contributed by atoms with van der Waals surface area (Å²) in [7, 11) is 0. The Labute approximate surface area is 194 Å². The summed E-state index contributed by atoms with van der Waals surface area (Å²) in [5, 5.41) is 9.02. The Morgan fingerprint density at radius 3 is 2.79 bits per heavy atom. The highest BCUT2D eigenvalue weighted by Crippen LogP contribution is 2.36. The molecule has 1 N–H and O–H groups in total. The van der Waals surface area contributed by atoms with Gasteiger partial charge in [0.1, 0.15) is 11.4 Å². The Morgan fingerprint density at radius 1 is 1.15 bits per heavy atom. The summed E-state index contributed by atoms with van der Waals surface area (Å²) in [6, 6.07) is 9.62. The zero-order valence-corrected chi connectivity index (χ0v) is 18.6. The Morgan fingerprint density at radius 2 is 2.00 bits per heavy atom. The lowest BCUT2D eigenvalue weighted by molar-refractivity contribution is -0.140. The van der Waals surface area contributed by atoms with Gasteiger partial charge in [0, 0.05) is 30.4 Å². The van der Waals surface area contributed by atoms with Crippen molar-refractivity contribution in [3.8, 4) is 22.6 Å². The van der Waals surface area contributed by atoms with Gasteiger partial charge in [-0.15, -0.1) is 0 Å². The van der Waals surface area contributed by atoms with Gasteiger partial charge in [-0.2, -0.15) is 28.6 Å². The maximum Gasteiger partial charge on any atom is 0.437 e. The molecule has 5 rings (SSSR count). The smallest absolute Gasteiger partial charge is 0.336 e. The zero-order valence-electron chi connectivity index (χ0n) is 18.6. The highest BCUT2D eigenvalue weighted by Gasteiger charge is 2.38. The topological polar surface area (TPSA) is 72.3 Å². The summed E-state index contributed by atoms with van der Waals surface area (Å²) in [6.07, 6.45) is 3.78. The SMILES string of the molecule is C=C(C)c1ccc2c(c1)C(Cn1cnc(-c3cc(-c4n[nH]nc4C(F)(F)F)ccn3)c1)CCC2. The second kappa shape index (κ2) is 8.55. The van der Waals surface area contributed by atoms with E-state index in [0.29, 0.717) is 17.3 Å². The normalized spacial score (nSPS) is 15.8. The van der Waals surface area contributed by atoms with Crippen LogP contribution in [0.1, 0.15) is 48.1 Å². The molecule has 0 aliphatic heterocycles. The minimum Gasteiger partial charge on any atom is -0.336 e. The third-order valence-corrected chi connectivity index (χ3v) is 6.25. The van der Waals surface area contributed by atoms with Crippen LogP contribution in [0.5, 0.6) is 0 Å². The van der Waals surface area contributed by atoms with Gasteiger partial charge >= 0.3 is 6.18 Å². The Balaban J connectivity index is 1.40. The van der Waals surface area contributed by atoms with Gasteiger partial charge in [0.25, 0.3) is 0 Å². The molecule has 34 heavy (non-hydrogen) atoms. The number of H-pyrrole nitrogens is 1. The van der Waals surface area contributed by atoms with Gasteiger partial charge in [0.05, 0.1) is 12.0 Å². The number of aromatic nitrogens is 6. The molecule has 1 unspecified atom stereocenters. The maximum atomic E-state index is 13.2. The molecule has 174 valence electrons. The van der Waals surface area contributed by atoms with Crippen molar-refractivity contribution in [3.63, 3.8) is 0 Å². The van der Waals surface area contributed by atoms with E-state index in [0.717, 1.165) is 36.9 Å². The number of nitrogens with one attached hydrogen (secondary N) is 1. The van der Waals surface area contributed by atoms with Crippen molar-refractivity contribution in [2.45, 2.75) is 44.8 Å². The number of nitrogens with zero attached hydrogens (tertiary/aromatic N) is 5. The largest absolute Gasteiger partial charge is 0.437 e. The number of pyridine rings is 1. The number of halogens is 3. The number of allylic oxidation sites excluding steroid dienone is 1. The van der Waals surface area contributed by atoms with Crippen LogP contribution in [-0.4, -0.2) is 29.9 Å². The van der Waals surface area contributed by atoms with Crippen molar-refractivity contribution < 1.29 is 13.2 Å². The predicted molar refractivity (Wildman–Crippen MR) is 123 cm³/mol. The maximum absolute atomic E-state index is 13.2. The average Bonchev–Trinajstić information content (AvgIpc) is 3.49. The van der Waals surface area contributed by atoms with Crippen molar-refractivity contribution in [1.82, 2.24) is 29.9 Å². The molecule has 0 bridgehead atoms. The predicted octanol–water partition coefficient (Wildman–Crippen LogP) is 5.90. The summed E-state index contributed by atoms with van der Waals surface area (Å²) >= 11 is 0. The van der Waals surface area contributed by atoms with Crippen LogP contribution in [0.4, 0.5) is 13.2 Å². The standard InChI is InChI=1S/C25H23F3N6/c1-15(2)17-7-6-16-4-3-5-19(20(16)10-17)12-34-13-22(30-14-34)21-11-18(8-9-29-21)23-24(25(26,27)28)32-33-31-23/h6-11,13-14,19H,1,3-5,12H2,2H3,(H,31,32,33). The van der Waals surface area contributed by atoms with Crippen LogP contribution in [0, 0.1) is 0 Å². The van der Waals surface area contributed by atoms with Gasteiger partial charge in [-0.3, -0.25) is 4.98 Å². The zero-order chi connectivity index (χ0) is 23.9. The fraction of sp³-hybridized carbons (Fsp3) is 0.280. The highest BCUT2D eigenvalue weighted by atomic mass is 19.4. The summed E-state index contributed by atoms with van der Waals surface area (Å²) in [5.74, 6) is 0.355. The fourth-order valence-corrected chi connectivity index (χ4v) is 4.55. The van der Waals surface area contributed by atoms with E-state index in [9.17, 15) is 13.2 Å². The number of aromatic amines is 1.